The van der Waals surface area contributed by atoms with E-state index in [9.17, 15) is 23.5 Å². The molecule has 4 N–H and O–H groups in total. The summed E-state index contributed by atoms with van der Waals surface area (Å²) in [6, 6.07) is 18.2. The first-order valence-electron chi connectivity index (χ1n) is 12.9. The number of nitrogens with zero attached hydrogens (tertiary/aromatic N) is 3. The van der Waals surface area contributed by atoms with Gasteiger partial charge in [0.15, 0.2) is 0 Å². The number of carbonyl (C=O) groups excluding carboxylic acids is 3. The van der Waals surface area contributed by atoms with E-state index in [4.69, 9.17) is 4.74 Å². The number of nitrogens with one attached hydrogen (secondary N) is 2. The SMILES string of the molecule is COC(=O)c1cc2c(cn1)/C(=C(\Nc1ccc(N(C)C(=O)CN3CCS(O)(O)CC3)cc1)c1ccccc1)C(=O)N2. The fourth-order valence-electron chi connectivity index (χ4n) is 4.69. The van der Waals surface area contributed by atoms with Gasteiger partial charge in [-0.15, -0.1) is 0 Å². The standard InChI is InChI=1S/C29H31N5O6S/c1-33(25(35)18-34-12-14-41(38,39)15-13-34)21-10-8-20(9-11-21)31-27(19-6-4-3-5-7-19)26-22-17-30-24(29(37)40-2)16-23(22)32-28(26)36/h3-11,16-17,31,38-39H,12-15,18H2,1-2H3,(H,32,36)/b27-26+. The Balaban J connectivity index is 1.38. The minimum absolute atomic E-state index is 0.0904. The second-order valence-corrected chi connectivity index (χ2v) is 12.2. The van der Waals surface area contributed by atoms with Gasteiger partial charge < -0.3 is 20.3 Å². The topological polar surface area (TPSA) is 144 Å². The monoisotopic (exact) mass is 577 g/mol. The first-order valence-corrected chi connectivity index (χ1v) is 14.8. The maximum atomic E-state index is 13.2. The van der Waals surface area contributed by atoms with Gasteiger partial charge in [0.25, 0.3) is 5.91 Å². The molecule has 0 spiro atoms. The van der Waals surface area contributed by atoms with Gasteiger partial charge in [0.2, 0.25) is 5.91 Å². The molecule has 1 fully saturated rings. The van der Waals surface area contributed by atoms with Gasteiger partial charge in [0, 0.05) is 43.3 Å². The van der Waals surface area contributed by atoms with Crippen LogP contribution >= 0.6 is 10.6 Å². The molecule has 0 aliphatic carbocycles. The number of hydrogen-bond donors (Lipinski definition) is 4. The minimum atomic E-state index is -2.52. The number of amides is 2. The molecule has 0 saturated carbocycles. The van der Waals surface area contributed by atoms with Crippen LogP contribution in [-0.4, -0.2) is 82.1 Å². The number of methoxy groups -OCH3 is 1. The molecule has 0 radical (unpaired) electrons. The first-order chi connectivity index (χ1) is 19.6. The Morgan fingerprint density at radius 1 is 1.10 bits per heavy atom. The summed E-state index contributed by atoms with van der Waals surface area (Å²) in [6.45, 7) is 1.13. The van der Waals surface area contributed by atoms with Crippen molar-refractivity contribution in [2.24, 2.45) is 0 Å². The zero-order valence-corrected chi connectivity index (χ0v) is 23.5. The summed E-state index contributed by atoms with van der Waals surface area (Å²) in [4.78, 5) is 45.7. The van der Waals surface area contributed by atoms with Gasteiger partial charge in [0.05, 0.1) is 42.1 Å². The van der Waals surface area contributed by atoms with E-state index >= 15 is 0 Å². The maximum Gasteiger partial charge on any atom is 0.356 e. The smallest absolute Gasteiger partial charge is 0.356 e. The number of rotatable bonds is 7. The molecule has 41 heavy (non-hydrogen) atoms. The zero-order valence-electron chi connectivity index (χ0n) is 22.7. The molecular formula is C29H31N5O6S. The molecule has 1 saturated heterocycles. The van der Waals surface area contributed by atoms with E-state index in [1.54, 1.807) is 11.9 Å². The lowest BCUT2D eigenvalue weighted by Gasteiger charge is -2.41. The van der Waals surface area contributed by atoms with Crippen molar-refractivity contribution >= 4 is 56.7 Å². The molecule has 5 rings (SSSR count). The van der Waals surface area contributed by atoms with Crippen molar-refractivity contribution < 1.29 is 28.2 Å². The minimum Gasteiger partial charge on any atom is -0.464 e. The summed E-state index contributed by atoms with van der Waals surface area (Å²) in [5.74, 6) is -0.465. The van der Waals surface area contributed by atoms with Crippen molar-refractivity contribution in [3.8, 4) is 0 Å². The van der Waals surface area contributed by atoms with Crippen LogP contribution in [0.15, 0.2) is 66.9 Å². The molecule has 12 heteroatoms. The zero-order chi connectivity index (χ0) is 29.1. The largest absolute Gasteiger partial charge is 0.464 e. The third kappa shape index (κ3) is 6.25. The van der Waals surface area contributed by atoms with E-state index in [1.807, 2.05) is 59.5 Å². The number of carbonyl (C=O) groups is 3. The highest BCUT2D eigenvalue weighted by atomic mass is 32.3. The van der Waals surface area contributed by atoms with Crippen LogP contribution in [-0.2, 0) is 14.3 Å². The second kappa shape index (κ2) is 11.7. The number of ether oxygens (including phenoxy) is 1. The molecule has 1 aromatic heterocycles. The average Bonchev–Trinajstić information content (AvgIpc) is 3.31. The highest BCUT2D eigenvalue weighted by molar-refractivity contribution is 8.24. The van der Waals surface area contributed by atoms with Crippen LogP contribution in [0.4, 0.5) is 17.1 Å². The van der Waals surface area contributed by atoms with E-state index < -0.39 is 16.6 Å². The predicted molar refractivity (Wildman–Crippen MR) is 160 cm³/mol. The fourth-order valence-corrected chi connectivity index (χ4v) is 6.00. The van der Waals surface area contributed by atoms with Gasteiger partial charge in [-0.25, -0.2) is 9.78 Å². The third-order valence-electron chi connectivity index (χ3n) is 7.08. The molecule has 2 aromatic carbocycles. The number of pyridine rings is 1. The van der Waals surface area contributed by atoms with E-state index in [1.165, 1.54) is 19.4 Å². The van der Waals surface area contributed by atoms with Crippen molar-refractivity contribution in [2.45, 2.75) is 0 Å². The lowest BCUT2D eigenvalue weighted by Crippen LogP contribution is -2.44. The number of anilines is 3. The lowest BCUT2D eigenvalue weighted by atomic mass is 10.0. The van der Waals surface area contributed by atoms with Crippen molar-refractivity contribution in [1.29, 1.82) is 0 Å². The molecule has 3 aromatic rings. The van der Waals surface area contributed by atoms with E-state index in [-0.39, 0.29) is 35.6 Å². The van der Waals surface area contributed by atoms with E-state index in [2.05, 4.69) is 15.6 Å². The molecule has 0 unspecified atom stereocenters. The van der Waals surface area contributed by atoms with Gasteiger partial charge >= 0.3 is 5.97 Å². The molecule has 11 nitrogen and oxygen atoms in total. The molecule has 0 atom stereocenters. The van der Waals surface area contributed by atoms with Gasteiger partial charge in [-0.2, -0.15) is 10.6 Å². The van der Waals surface area contributed by atoms with Gasteiger partial charge in [0.1, 0.15) is 5.69 Å². The summed E-state index contributed by atoms with van der Waals surface area (Å²) in [5, 5.41) is 6.19. The van der Waals surface area contributed by atoms with Crippen molar-refractivity contribution in [3.63, 3.8) is 0 Å². The number of benzene rings is 2. The Kier molecular flexibility index (Phi) is 8.08. The van der Waals surface area contributed by atoms with E-state index in [0.717, 1.165) is 5.56 Å². The van der Waals surface area contributed by atoms with Crippen LogP contribution in [0.1, 0.15) is 21.6 Å². The van der Waals surface area contributed by atoms with Crippen LogP contribution in [0, 0.1) is 0 Å². The van der Waals surface area contributed by atoms with Gasteiger partial charge in [-0.3, -0.25) is 23.6 Å². The number of hydrogen-bond acceptors (Lipinski definition) is 9. The Bertz CT molecular complexity index is 1500. The Morgan fingerprint density at radius 2 is 1.78 bits per heavy atom. The normalized spacial score (nSPS) is 18.1. The number of esters is 1. The highest BCUT2D eigenvalue weighted by Crippen LogP contribution is 2.40. The molecule has 2 aliphatic heterocycles. The summed E-state index contributed by atoms with van der Waals surface area (Å²) >= 11 is 0. The Hall–Kier alpha value is -4.23. The van der Waals surface area contributed by atoms with Crippen LogP contribution in [0.3, 0.4) is 0 Å². The summed E-state index contributed by atoms with van der Waals surface area (Å²) in [5.41, 5.74) is 4.21. The van der Waals surface area contributed by atoms with Crippen LogP contribution in [0.5, 0.6) is 0 Å². The summed E-state index contributed by atoms with van der Waals surface area (Å²) in [6.07, 6.45) is 1.48. The molecular weight excluding hydrogens is 546 g/mol. The molecule has 2 amide bonds. The van der Waals surface area contributed by atoms with Crippen molar-refractivity contribution in [3.05, 3.63) is 83.7 Å². The van der Waals surface area contributed by atoms with Crippen LogP contribution < -0.4 is 15.5 Å². The number of aromatic nitrogens is 1. The number of likely N-dealkylation sites (N-methyl/N-ethyl adjacent to an activating group) is 1. The quantitative estimate of drug-likeness (QED) is 0.243. The molecule has 214 valence electrons. The average molecular weight is 578 g/mol. The van der Waals surface area contributed by atoms with Crippen molar-refractivity contribution in [1.82, 2.24) is 9.88 Å². The summed E-state index contributed by atoms with van der Waals surface area (Å²) in [7, 11) is 0.456. The molecule has 3 heterocycles. The Labute approximate surface area is 239 Å². The first kappa shape index (κ1) is 28.3. The maximum absolute atomic E-state index is 13.2. The van der Waals surface area contributed by atoms with Gasteiger partial charge in [-0.1, -0.05) is 30.3 Å². The highest BCUT2D eigenvalue weighted by Gasteiger charge is 2.30. The van der Waals surface area contributed by atoms with Crippen LogP contribution in [0.2, 0.25) is 0 Å². The van der Waals surface area contributed by atoms with E-state index in [0.29, 0.717) is 47.0 Å². The second-order valence-electron chi connectivity index (χ2n) is 9.79. The van der Waals surface area contributed by atoms with Crippen LogP contribution in [0.25, 0.3) is 11.3 Å². The molecule has 0 bridgehead atoms. The number of fused-ring (bicyclic) bond motifs is 1. The fraction of sp³-hybridized carbons (Fsp3) is 0.241. The van der Waals surface area contributed by atoms with Gasteiger partial charge in [-0.05, 0) is 35.9 Å². The Morgan fingerprint density at radius 3 is 2.44 bits per heavy atom. The van der Waals surface area contributed by atoms with Crippen molar-refractivity contribution in [2.75, 3.05) is 60.8 Å². The molecule has 2 aliphatic rings. The lowest BCUT2D eigenvalue weighted by molar-refractivity contribution is -0.119. The predicted octanol–water partition coefficient (Wildman–Crippen LogP) is 3.83. The third-order valence-corrected chi connectivity index (χ3v) is 8.75. The summed E-state index contributed by atoms with van der Waals surface area (Å²) < 4.78 is 24.4.